The van der Waals surface area contributed by atoms with Gasteiger partial charge < -0.3 is 13.7 Å². The van der Waals surface area contributed by atoms with E-state index in [1.807, 2.05) is 19.9 Å². The highest BCUT2D eigenvalue weighted by Crippen LogP contribution is 2.38. The van der Waals surface area contributed by atoms with E-state index < -0.39 is 36.0 Å². The molecule has 2 aromatic carbocycles. The number of nitrogens with zero attached hydrogens (tertiary/aromatic N) is 2. The number of benzene rings is 2. The zero-order valence-electron chi connectivity index (χ0n) is 27.0. The van der Waals surface area contributed by atoms with Crippen molar-refractivity contribution in [3.05, 3.63) is 71.7 Å². The maximum atomic E-state index is 13.8. The topological polar surface area (TPSA) is 105 Å². The number of imidazole rings is 1. The molecule has 1 unspecified atom stereocenters. The first-order valence-corrected chi connectivity index (χ1v) is 19.4. The lowest BCUT2D eigenvalue weighted by atomic mass is 10.0. The van der Waals surface area contributed by atoms with E-state index >= 15 is 0 Å². The number of hydrogen-bond donors (Lipinski definition) is 0. The summed E-state index contributed by atoms with van der Waals surface area (Å²) in [5.74, 6) is -1.25. The lowest BCUT2D eigenvalue weighted by Gasteiger charge is -2.39. The van der Waals surface area contributed by atoms with E-state index in [9.17, 15) is 22.4 Å². The second kappa shape index (κ2) is 14.3. The first-order valence-electron chi connectivity index (χ1n) is 14.8. The molecular weight excluding hydrogens is 600 g/mol. The second-order valence-corrected chi connectivity index (χ2v) is 19.6. The van der Waals surface area contributed by atoms with Gasteiger partial charge in [0.05, 0.1) is 31.1 Å². The number of rotatable bonds is 14. The normalized spacial score (nSPS) is 13.2. The van der Waals surface area contributed by atoms with E-state index in [0.29, 0.717) is 22.5 Å². The maximum absolute atomic E-state index is 13.8. The Bertz CT molecular complexity index is 1550. The minimum Gasteiger partial charge on any atom is -0.469 e. The fourth-order valence-electron chi connectivity index (χ4n) is 4.76. The SMILES string of the molecule is COC(=O)CC(CC(=O)CCc1c(-c2ccc(F)cc2)nc(S(=O)(=O)Cc2ccccc2)n1C(C)C)O[Si](C)(C)C(C)(C)C. The molecule has 44 heavy (non-hydrogen) atoms. The molecule has 3 aromatic rings. The van der Waals surface area contributed by atoms with Gasteiger partial charge in [0.2, 0.25) is 15.0 Å². The summed E-state index contributed by atoms with van der Waals surface area (Å²) in [4.78, 5) is 30.3. The number of ketones is 1. The Morgan fingerprint density at radius 2 is 1.61 bits per heavy atom. The third-order valence-corrected chi connectivity index (χ3v) is 14.2. The molecule has 0 spiro atoms. The van der Waals surface area contributed by atoms with E-state index in [1.165, 1.54) is 19.2 Å². The Hall–Kier alpha value is -3.15. The Balaban J connectivity index is 1.98. The highest BCUT2D eigenvalue weighted by Gasteiger charge is 2.40. The van der Waals surface area contributed by atoms with Crippen LogP contribution in [-0.2, 0) is 40.8 Å². The van der Waals surface area contributed by atoms with Gasteiger partial charge in [-0.05, 0) is 68.2 Å². The molecule has 1 atom stereocenters. The number of carbonyl (C=O) groups excluding carboxylic acids is 2. The minimum absolute atomic E-state index is 0.0163. The molecule has 1 aromatic heterocycles. The van der Waals surface area contributed by atoms with Gasteiger partial charge in [0.1, 0.15) is 11.6 Å². The van der Waals surface area contributed by atoms with Crippen LogP contribution in [0.5, 0.6) is 0 Å². The minimum atomic E-state index is -3.89. The van der Waals surface area contributed by atoms with E-state index in [0.717, 1.165) is 0 Å². The smallest absolute Gasteiger partial charge is 0.308 e. The van der Waals surface area contributed by atoms with Gasteiger partial charge in [0.25, 0.3) is 0 Å². The first kappa shape index (κ1) is 35.3. The Kier molecular flexibility index (Phi) is 11.5. The lowest BCUT2D eigenvalue weighted by molar-refractivity contribution is -0.142. The van der Waals surface area contributed by atoms with Crippen molar-refractivity contribution in [3.8, 4) is 11.3 Å². The van der Waals surface area contributed by atoms with Crippen molar-refractivity contribution in [2.45, 2.75) is 101 Å². The number of ether oxygens (including phenoxy) is 1. The van der Waals surface area contributed by atoms with Crippen LogP contribution in [0.25, 0.3) is 11.3 Å². The number of sulfone groups is 1. The molecule has 0 N–H and O–H groups in total. The van der Waals surface area contributed by atoms with Crippen LogP contribution in [0.2, 0.25) is 18.1 Å². The highest BCUT2D eigenvalue weighted by molar-refractivity contribution is 7.90. The number of Topliss-reactive ketones (excluding diaryl/α,β-unsaturated/α-hetero) is 1. The van der Waals surface area contributed by atoms with Gasteiger partial charge >= 0.3 is 5.97 Å². The third kappa shape index (κ3) is 8.95. The van der Waals surface area contributed by atoms with Crippen molar-refractivity contribution in [3.63, 3.8) is 0 Å². The van der Waals surface area contributed by atoms with Gasteiger partial charge in [0, 0.05) is 30.1 Å². The number of methoxy groups -OCH3 is 1. The van der Waals surface area contributed by atoms with Crippen LogP contribution in [-0.4, -0.2) is 51.3 Å². The fourth-order valence-corrected chi connectivity index (χ4v) is 7.73. The first-order chi connectivity index (χ1) is 20.4. The average Bonchev–Trinajstić information content (AvgIpc) is 3.32. The predicted molar refractivity (Wildman–Crippen MR) is 172 cm³/mol. The number of esters is 1. The van der Waals surface area contributed by atoms with Crippen molar-refractivity contribution in [2.75, 3.05) is 7.11 Å². The fraction of sp³-hybridized carbons (Fsp3) is 0.485. The molecule has 0 aliphatic rings. The van der Waals surface area contributed by atoms with Crippen LogP contribution in [0, 0.1) is 5.82 Å². The molecule has 240 valence electrons. The summed E-state index contributed by atoms with van der Waals surface area (Å²) in [6.07, 6.45) is -0.389. The molecule has 0 aliphatic carbocycles. The van der Waals surface area contributed by atoms with E-state index in [2.05, 4.69) is 38.8 Å². The largest absolute Gasteiger partial charge is 0.469 e. The van der Waals surface area contributed by atoms with Crippen LogP contribution in [0.3, 0.4) is 0 Å². The molecule has 0 aliphatic heterocycles. The van der Waals surface area contributed by atoms with Gasteiger partial charge in [-0.2, -0.15) is 0 Å². The van der Waals surface area contributed by atoms with Crippen molar-refractivity contribution < 1.29 is 31.6 Å². The van der Waals surface area contributed by atoms with Crippen molar-refractivity contribution in [1.29, 1.82) is 0 Å². The Morgan fingerprint density at radius 1 is 1.00 bits per heavy atom. The molecule has 0 saturated heterocycles. The van der Waals surface area contributed by atoms with Gasteiger partial charge in [-0.1, -0.05) is 51.1 Å². The molecule has 11 heteroatoms. The molecule has 0 saturated carbocycles. The number of carbonyl (C=O) groups is 2. The van der Waals surface area contributed by atoms with Crippen LogP contribution >= 0.6 is 0 Å². The van der Waals surface area contributed by atoms with Crippen molar-refractivity contribution >= 4 is 29.9 Å². The van der Waals surface area contributed by atoms with Gasteiger partial charge in [-0.3, -0.25) is 9.59 Å². The molecule has 0 bridgehead atoms. The average molecular weight is 645 g/mol. The molecule has 0 fully saturated rings. The van der Waals surface area contributed by atoms with Crippen LogP contribution in [0.1, 0.15) is 71.2 Å². The van der Waals surface area contributed by atoms with Crippen molar-refractivity contribution in [1.82, 2.24) is 9.55 Å². The molecule has 0 amide bonds. The van der Waals surface area contributed by atoms with E-state index in [1.54, 1.807) is 41.0 Å². The van der Waals surface area contributed by atoms with Gasteiger partial charge in [0.15, 0.2) is 8.32 Å². The quantitative estimate of drug-likeness (QED) is 0.136. The summed E-state index contributed by atoms with van der Waals surface area (Å²) < 4.78 is 54.3. The highest BCUT2D eigenvalue weighted by atomic mass is 32.2. The number of aromatic nitrogens is 2. The van der Waals surface area contributed by atoms with E-state index in [4.69, 9.17) is 9.16 Å². The molecule has 0 radical (unpaired) electrons. The molecule has 8 nitrogen and oxygen atoms in total. The second-order valence-electron chi connectivity index (χ2n) is 12.9. The maximum Gasteiger partial charge on any atom is 0.308 e. The molecule has 3 rings (SSSR count). The summed E-state index contributed by atoms with van der Waals surface area (Å²) >= 11 is 0. The summed E-state index contributed by atoms with van der Waals surface area (Å²) in [5.41, 5.74) is 2.14. The summed E-state index contributed by atoms with van der Waals surface area (Å²) in [6.45, 7) is 14.1. The standard InChI is InChI=1S/C33H45FN2O6SSi/c1-23(2)36-29(19-18-27(37)20-28(21-30(38)41-6)42-44(7,8)33(3,4)5)31(25-14-16-26(34)17-15-25)35-32(36)43(39,40)22-24-12-10-9-11-13-24/h9-17,23,28H,18-22H2,1-8H3. The summed E-state index contributed by atoms with van der Waals surface area (Å²) in [6, 6.07) is 14.3. The predicted octanol–water partition coefficient (Wildman–Crippen LogP) is 7.09. The van der Waals surface area contributed by atoms with Crippen LogP contribution < -0.4 is 0 Å². The number of hydrogen-bond acceptors (Lipinski definition) is 7. The Labute approximate surface area is 262 Å². The summed E-state index contributed by atoms with van der Waals surface area (Å²) in [5, 5.41) is -0.220. The zero-order valence-corrected chi connectivity index (χ0v) is 28.8. The summed E-state index contributed by atoms with van der Waals surface area (Å²) in [7, 11) is -4.89. The van der Waals surface area contributed by atoms with Gasteiger partial charge in [-0.25, -0.2) is 17.8 Å². The van der Waals surface area contributed by atoms with Crippen LogP contribution in [0.4, 0.5) is 4.39 Å². The lowest BCUT2D eigenvalue weighted by Crippen LogP contribution is -2.45. The molecule has 1 heterocycles. The Morgan fingerprint density at radius 3 is 2.16 bits per heavy atom. The van der Waals surface area contributed by atoms with E-state index in [-0.39, 0.29) is 53.5 Å². The van der Waals surface area contributed by atoms with Gasteiger partial charge in [-0.15, -0.1) is 0 Å². The van der Waals surface area contributed by atoms with Crippen molar-refractivity contribution in [2.24, 2.45) is 0 Å². The number of halogens is 1. The third-order valence-electron chi connectivity index (χ3n) is 8.07. The zero-order chi connectivity index (χ0) is 32.9. The molecular formula is C33H45FN2O6SSi. The van der Waals surface area contributed by atoms with Crippen LogP contribution in [0.15, 0.2) is 59.8 Å². The monoisotopic (exact) mass is 644 g/mol.